The van der Waals surface area contributed by atoms with E-state index in [9.17, 15) is 4.79 Å². The number of rotatable bonds is 4. The Bertz CT molecular complexity index is 783. The van der Waals surface area contributed by atoms with E-state index in [-0.39, 0.29) is 5.91 Å². The summed E-state index contributed by atoms with van der Waals surface area (Å²) in [7, 11) is 0. The van der Waals surface area contributed by atoms with Gasteiger partial charge in [0, 0.05) is 57.3 Å². The van der Waals surface area contributed by atoms with E-state index < -0.39 is 11.7 Å². The number of carbonyl (C=O) groups excluding carboxylic acids is 1. The van der Waals surface area contributed by atoms with E-state index in [4.69, 9.17) is 4.74 Å². The molecule has 27 heavy (non-hydrogen) atoms. The number of amides is 1. The standard InChI is InChI=1S/C19H26N6O2/c1-14(2)12-23-16(26)15-13-25-11-8-20-17(25)19(27-15)4-9-24(10-5-19)18-21-6-3-7-22-18/h3,6-8,11,14-15H,4-5,9-10,12-13H2,1-2H3,(H,23,26)/t15-/m1/s1. The molecule has 4 rings (SSSR count). The molecule has 2 aromatic rings. The van der Waals surface area contributed by atoms with Crippen LogP contribution in [0.25, 0.3) is 0 Å². The molecule has 4 heterocycles. The zero-order valence-electron chi connectivity index (χ0n) is 15.8. The van der Waals surface area contributed by atoms with E-state index in [1.165, 1.54) is 0 Å². The summed E-state index contributed by atoms with van der Waals surface area (Å²) in [6.07, 6.45) is 8.24. The van der Waals surface area contributed by atoms with Crippen LogP contribution in [0.1, 0.15) is 32.5 Å². The maximum absolute atomic E-state index is 12.6. The molecule has 2 aliphatic heterocycles. The highest BCUT2D eigenvalue weighted by molar-refractivity contribution is 5.80. The van der Waals surface area contributed by atoms with Crippen LogP contribution in [-0.4, -0.2) is 51.2 Å². The summed E-state index contributed by atoms with van der Waals surface area (Å²) in [4.78, 5) is 28.0. The predicted octanol–water partition coefficient (Wildman–Crippen LogP) is 1.34. The van der Waals surface area contributed by atoms with Crippen LogP contribution in [0.2, 0.25) is 0 Å². The first kappa shape index (κ1) is 17.9. The second-order valence-corrected chi connectivity index (χ2v) is 7.68. The van der Waals surface area contributed by atoms with Gasteiger partial charge in [0.15, 0.2) is 6.10 Å². The number of hydrogen-bond donors (Lipinski definition) is 1. The van der Waals surface area contributed by atoms with Gasteiger partial charge in [-0.25, -0.2) is 15.0 Å². The molecule has 1 spiro atoms. The molecule has 1 amide bonds. The fraction of sp³-hybridized carbons (Fsp3) is 0.579. The van der Waals surface area contributed by atoms with Gasteiger partial charge in [-0.2, -0.15) is 0 Å². The molecular formula is C19H26N6O2. The number of nitrogens with zero attached hydrogens (tertiary/aromatic N) is 5. The summed E-state index contributed by atoms with van der Waals surface area (Å²) in [5.41, 5.74) is -0.535. The van der Waals surface area contributed by atoms with Gasteiger partial charge in [0.2, 0.25) is 5.95 Å². The Morgan fingerprint density at radius 2 is 2.00 bits per heavy atom. The normalized spacial score (nSPS) is 21.3. The first-order valence-corrected chi connectivity index (χ1v) is 9.56. The van der Waals surface area contributed by atoms with Crippen molar-refractivity contribution in [3.63, 3.8) is 0 Å². The van der Waals surface area contributed by atoms with E-state index in [0.29, 0.717) is 19.0 Å². The van der Waals surface area contributed by atoms with Crippen molar-refractivity contribution in [1.29, 1.82) is 0 Å². The molecule has 1 N–H and O–H groups in total. The first-order valence-electron chi connectivity index (χ1n) is 9.56. The summed E-state index contributed by atoms with van der Waals surface area (Å²) < 4.78 is 8.48. The lowest BCUT2D eigenvalue weighted by Crippen LogP contribution is -2.54. The lowest BCUT2D eigenvalue weighted by molar-refractivity contribution is -0.167. The van der Waals surface area contributed by atoms with Gasteiger partial charge >= 0.3 is 0 Å². The van der Waals surface area contributed by atoms with Gasteiger partial charge in [0.1, 0.15) is 11.4 Å². The Hall–Kier alpha value is -2.48. The molecule has 0 radical (unpaired) electrons. The van der Waals surface area contributed by atoms with Crippen molar-refractivity contribution in [2.75, 3.05) is 24.5 Å². The van der Waals surface area contributed by atoms with E-state index >= 15 is 0 Å². The van der Waals surface area contributed by atoms with Crippen LogP contribution in [0, 0.1) is 5.92 Å². The number of ether oxygens (including phenoxy) is 1. The van der Waals surface area contributed by atoms with Gasteiger partial charge in [-0.3, -0.25) is 4.79 Å². The molecule has 144 valence electrons. The lowest BCUT2D eigenvalue weighted by Gasteiger charge is -2.45. The van der Waals surface area contributed by atoms with Crippen molar-refractivity contribution >= 4 is 11.9 Å². The lowest BCUT2D eigenvalue weighted by atomic mass is 9.88. The fourth-order valence-electron chi connectivity index (χ4n) is 3.82. The summed E-state index contributed by atoms with van der Waals surface area (Å²) in [6.45, 7) is 6.85. The van der Waals surface area contributed by atoms with Crippen LogP contribution in [0.4, 0.5) is 5.95 Å². The highest BCUT2D eigenvalue weighted by Gasteiger charge is 2.47. The van der Waals surface area contributed by atoms with E-state index in [1.54, 1.807) is 18.6 Å². The minimum atomic E-state index is -0.535. The predicted molar refractivity (Wildman–Crippen MR) is 100 cm³/mol. The largest absolute Gasteiger partial charge is 0.354 e. The minimum Gasteiger partial charge on any atom is -0.354 e. The first-order chi connectivity index (χ1) is 13.1. The molecule has 1 fully saturated rings. The van der Waals surface area contributed by atoms with Crippen LogP contribution < -0.4 is 10.2 Å². The molecule has 8 nitrogen and oxygen atoms in total. The smallest absolute Gasteiger partial charge is 0.251 e. The van der Waals surface area contributed by atoms with Crippen LogP contribution >= 0.6 is 0 Å². The number of aromatic nitrogens is 4. The SMILES string of the molecule is CC(C)CNC(=O)[C@H]1Cn2ccnc2C2(CCN(c3ncccn3)CC2)O1. The summed E-state index contributed by atoms with van der Waals surface area (Å²) >= 11 is 0. The second-order valence-electron chi connectivity index (χ2n) is 7.68. The molecule has 8 heteroatoms. The number of piperidine rings is 1. The Balaban J connectivity index is 1.51. The molecule has 0 saturated carbocycles. The van der Waals surface area contributed by atoms with Gasteiger partial charge in [0.05, 0.1) is 6.54 Å². The Kier molecular flexibility index (Phi) is 4.82. The van der Waals surface area contributed by atoms with Crippen molar-refractivity contribution < 1.29 is 9.53 Å². The molecule has 0 aliphatic carbocycles. The Labute approximate surface area is 159 Å². The van der Waals surface area contributed by atoms with Crippen LogP contribution in [0.15, 0.2) is 30.9 Å². The van der Waals surface area contributed by atoms with Crippen LogP contribution in [-0.2, 0) is 21.7 Å². The van der Waals surface area contributed by atoms with Crippen molar-refractivity contribution in [3.8, 4) is 0 Å². The Morgan fingerprint density at radius 1 is 1.26 bits per heavy atom. The molecule has 2 aromatic heterocycles. The topological polar surface area (TPSA) is 85.2 Å². The summed E-state index contributed by atoms with van der Waals surface area (Å²) in [5.74, 6) is 2.02. The van der Waals surface area contributed by atoms with Crippen molar-refractivity contribution in [1.82, 2.24) is 24.8 Å². The van der Waals surface area contributed by atoms with Crippen molar-refractivity contribution in [2.24, 2.45) is 5.92 Å². The van der Waals surface area contributed by atoms with Crippen LogP contribution in [0.3, 0.4) is 0 Å². The second kappa shape index (κ2) is 7.26. The molecule has 0 bridgehead atoms. The molecule has 1 saturated heterocycles. The highest BCUT2D eigenvalue weighted by atomic mass is 16.5. The third-order valence-corrected chi connectivity index (χ3v) is 5.24. The van der Waals surface area contributed by atoms with Gasteiger partial charge in [-0.1, -0.05) is 13.8 Å². The molecular weight excluding hydrogens is 344 g/mol. The van der Waals surface area contributed by atoms with Gasteiger partial charge in [-0.15, -0.1) is 0 Å². The van der Waals surface area contributed by atoms with Crippen molar-refractivity contribution in [3.05, 3.63) is 36.7 Å². The van der Waals surface area contributed by atoms with Crippen LogP contribution in [0.5, 0.6) is 0 Å². The number of hydrogen-bond acceptors (Lipinski definition) is 6. The third kappa shape index (κ3) is 3.53. The van der Waals surface area contributed by atoms with E-state index in [1.807, 2.05) is 12.3 Å². The van der Waals surface area contributed by atoms with Gasteiger partial charge < -0.3 is 19.5 Å². The van der Waals surface area contributed by atoms with E-state index in [0.717, 1.165) is 37.7 Å². The number of fused-ring (bicyclic) bond motifs is 2. The zero-order chi connectivity index (χ0) is 18.9. The maximum Gasteiger partial charge on any atom is 0.251 e. The minimum absolute atomic E-state index is 0.0451. The van der Waals surface area contributed by atoms with Gasteiger partial charge in [-0.05, 0) is 12.0 Å². The fourth-order valence-corrected chi connectivity index (χ4v) is 3.82. The Morgan fingerprint density at radius 3 is 2.70 bits per heavy atom. The van der Waals surface area contributed by atoms with Crippen molar-refractivity contribution in [2.45, 2.75) is 44.9 Å². The summed E-state index contributed by atoms with van der Waals surface area (Å²) in [5, 5.41) is 3.00. The monoisotopic (exact) mass is 370 g/mol. The van der Waals surface area contributed by atoms with E-state index in [2.05, 4.69) is 43.6 Å². The molecule has 1 atom stereocenters. The highest BCUT2D eigenvalue weighted by Crippen LogP contribution is 2.40. The zero-order valence-corrected chi connectivity index (χ0v) is 15.8. The average Bonchev–Trinajstić information content (AvgIpc) is 3.17. The number of imidazole rings is 1. The molecule has 0 unspecified atom stereocenters. The van der Waals surface area contributed by atoms with Gasteiger partial charge in [0.25, 0.3) is 5.91 Å². The summed E-state index contributed by atoms with van der Waals surface area (Å²) in [6, 6.07) is 1.82. The molecule has 2 aliphatic rings. The molecule has 0 aromatic carbocycles. The number of carbonyl (C=O) groups is 1. The average molecular weight is 370 g/mol. The third-order valence-electron chi connectivity index (χ3n) is 5.24. The maximum atomic E-state index is 12.6. The number of anilines is 1. The quantitative estimate of drug-likeness (QED) is 0.874. The number of nitrogens with one attached hydrogen (secondary N) is 1.